The van der Waals surface area contributed by atoms with Crippen LogP contribution in [-0.4, -0.2) is 134 Å². The number of phosphoric acid groups is 1. The Morgan fingerprint density at radius 1 is 0.819 bits per heavy atom. The van der Waals surface area contributed by atoms with Crippen LogP contribution in [0.15, 0.2) is 67.8 Å². The van der Waals surface area contributed by atoms with Gasteiger partial charge in [0.2, 0.25) is 41.4 Å². The van der Waals surface area contributed by atoms with Gasteiger partial charge in [-0.05, 0) is 108 Å². The van der Waals surface area contributed by atoms with Gasteiger partial charge >= 0.3 is 0 Å². The molecule has 6 aliphatic rings. The molecule has 7 heterocycles. The Morgan fingerprint density at radius 3 is 1.98 bits per heavy atom. The van der Waals surface area contributed by atoms with E-state index < -0.39 is 137 Å². The van der Waals surface area contributed by atoms with E-state index in [0.717, 1.165) is 11.1 Å². The second kappa shape index (κ2) is 29.1. The van der Waals surface area contributed by atoms with Gasteiger partial charge in [-0.2, -0.15) is 0 Å². The van der Waals surface area contributed by atoms with Crippen LogP contribution in [0, 0.1) is 71.0 Å². The molecule has 0 saturated carbocycles. The van der Waals surface area contributed by atoms with Gasteiger partial charge in [0.05, 0.1) is 47.3 Å². The summed E-state index contributed by atoms with van der Waals surface area (Å²) >= 11 is 0. The van der Waals surface area contributed by atoms with Gasteiger partial charge in [-0.25, -0.2) is 4.98 Å². The fourth-order valence-corrected chi connectivity index (χ4v) is 16.7. The van der Waals surface area contributed by atoms with E-state index in [1.165, 1.54) is 24.9 Å². The normalized spacial score (nSPS) is 30.8. The van der Waals surface area contributed by atoms with Gasteiger partial charge in [0.1, 0.15) is 18.3 Å². The van der Waals surface area contributed by atoms with Crippen molar-refractivity contribution in [3.05, 3.63) is 70.5 Å². The summed E-state index contributed by atoms with van der Waals surface area (Å²) in [5, 5.41) is 37.5. The van der Waals surface area contributed by atoms with Crippen LogP contribution in [0.3, 0.4) is 0 Å². The number of aliphatic hydroxyl groups excluding tert-OH is 2. The fraction of sp³-hybridized carbons (Fsp3) is 0.625. The number of carbonyl (C=O) groups is 7. The summed E-state index contributed by atoms with van der Waals surface area (Å²) in [5.74, 6) is -6.73. The number of rotatable bonds is 26. The van der Waals surface area contributed by atoms with Crippen molar-refractivity contribution in [3.8, 4) is 0 Å². The van der Waals surface area contributed by atoms with Gasteiger partial charge in [0, 0.05) is 149 Å². The molecular formula is C64H91CoN14O14P-2. The number of benzene rings is 1. The van der Waals surface area contributed by atoms with Crippen LogP contribution in [-0.2, 0) is 68.7 Å². The topological polar surface area (TPSA) is 473 Å². The Kier molecular flexibility index (Phi) is 23.6. The van der Waals surface area contributed by atoms with Crippen molar-refractivity contribution < 1.29 is 83.8 Å². The van der Waals surface area contributed by atoms with Crippen molar-refractivity contribution in [3.63, 3.8) is 0 Å². The minimum atomic E-state index is -5.31. The van der Waals surface area contributed by atoms with Gasteiger partial charge in [-0.3, -0.25) is 53.1 Å². The molecule has 1 aromatic carbocycles. The first-order chi connectivity index (χ1) is 43.4. The minimum absolute atomic E-state index is 0. The predicted octanol–water partition coefficient (Wildman–Crippen LogP) is 2.89. The smallest absolute Gasteiger partial charge is 0.268 e. The number of allylic oxidation sites excluding steroid dienone is 6. The molecule has 0 aliphatic carbocycles. The minimum Gasteiger partial charge on any atom is -0.756 e. The number of fused-ring (bicyclic) bond motifs is 7. The Morgan fingerprint density at radius 2 is 1.40 bits per heavy atom. The molecule has 517 valence electrons. The SMILES string of the molecule is CNC(=O)C[C@H]1[C@H]2NC(=C(C)C3=NC(=CC4=NC(=C(C)C5=N[C@]2(C)[C@@](C)(CC(N)=O)[C@@H]5CCC(N)=O)[C@@](C)(CC(N)=O)[C@@H]4CCC(N)=O)C(C)(C)[C@@H]3CCC(N)=O)[C@]1(C)CCC(=O)NC[C@@H](C)OP(=O)([O-])O[C@H]1[C@@H](O)[C@@H](n2cnc3cc(C)c(C)cc32)O[C@@H]1CO.[C-]#N.[Co]. The predicted molar refractivity (Wildman–Crippen MR) is 341 cm³/mol. The van der Waals surface area contributed by atoms with E-state index in [1.54, 1.807) is 6.92 Å². The first kappa shape index (κ1) is 76.0. The van der Waals surface area contributed by atoms with Crippen LogP contribution >= 0.6 is 7.82 Å². The number of aliphatic hydroxyl groups is 2. The zero-order valence-corrected chi connectivity index (χ0v) is 57.4. The molecule has 0 spiro atoms. The zero-order valence-electron chi connectivity index (χ0n) is 55.4. The molecule has 7 amide bonds. The van der Waals surface area contributed by atoms with Gasteiger partial charge in [0.25, 0.3) is 7.82 Å². The number of ether oxygens (including phenoxy) is 1. The number of nitrogens with two attached hydrogens (primary N) is 5. The second-order valence-corrected chi connectivity index (χ2v) is 28.6. The Hall–Kier alpha value is -7.00. The third kappa shape index (κ3) is 14.7. The van der Waals surface area contributed by atoms with Crippen LogP contribution in [0.25, 0.3) is 11.0 Å². The van der Waals surface area contributed by atoms with Crippen molar-refractivity contribution in [2.24, 2.45) is 89.0 Å². The van der Waals surface area contributed by atoms with Crippen LogP contribution in [0.4, 0.5) is 0 Å². The summed E-state index contributed by atoms with van der Waals surface area (Å²) in [7, 11) is -3.81. The summed E-state index contributed by atoms with van der Waals surface area (Å²) in [6, 6.07) is 2.83. The number of amides is 7. The van der Waals surface area contributed by atoms with Crippen molar-refractivity contribution >= 4 is 77.3 Å². The average Bonchev–Trinajstić information content (AvgIpc) is 1.53. The molecule has 2 saturated heterocycles. The maximum atomic E-state index is 14.4. The summed E-state index contributed by atoms with van der Waals surface area (Å²) in [6.07, 6.45) is -4.29. The molecule has 1 radical (unpaired) electrons. The van der Waals surface area contributed by atoms with Gasteiger partial charge in [0.15, 0.2) is 6.23 Å². The zero-order chi connectivity index (χ0) is 69.4. The maximum absolute atomic E-state index is 14.4. The number of nitrogens with one attached hydrogen (secondary N) is 3. The second-order valence-electron chi connectivity index (χ2n) is 27.3. The molecule has 28 nitrogen and oxygen atoms in total. The Labute approximate surface area is 558 Å². The number of imidazole rings is 1. The maximum Gasteiger partial charge on any atom is 0.268 e. The van der Waals surface area contributed by atoms with E-state index in [-0.39, 0.29) is 99.9 Å². The Bertz CT molecular complexity index is 3620. The summed E-state index contributed by atoms with van der Waals surface area (Å²) < 4.78 is 32.0. The van der Waals surface area contributed by atoms with E-state index in [9.17, 15) is 53.2 Å². The molecule has 15 atom stereocenters. The number of hydrogen-bond donors (Lipinski definition) is 10. The van der Waals surface area contributed by atoms with Crippen molar-refractivity contribution in [1.82, 2.24) is 25.5 Å². The molecule has 6 aliphatic heterocycles. The molecule has 15 N–H and O–H groups in total. The Balaban J connectivity index is 0.00000462. The molecule has 2 fully saturated rings. The fourth-order valence-electron chi connectivity index (χ4n) is 15.5. The van der Waals surface area contributed by atoms with Crippen LogP contribution in [0.2, 0.25) is 0 Å². The summed E-state index contributed by atoms with van der Waals surface area (Å²) in [4.78, 5) is 129. The first-order valence-electron chi connectivity index (χ1n) is 31.2. The van der Waals surface area contributed by atoms with Crippen molar-refractivity contribution in [2.45, 2.75) is 189 Å². The molecule has 94 heavy (non-hydrogen) atoms. The number of aliphatic imine (C=N–C) groups is 3. The van der Waals surface area contributed by atoms with Gasteiger partial charge < -0.3 is 89.9 Å². The third-order valence-electron chi connectivity index (χ3n) is 20.9. The summed E-state index contributed by atoms with van der Waals surface area (Å²) in [5.41, 5.74) is 31.3. The summed E-state index contributed by atoms with van der Waals surface area (Å²) in [6.45, 7) is 24.1. The van der Waals surface area contributed by atoms with Crippen molar-refractivity contribution in [1.29, 1.82) is 5.26 Å². The molecular weight excluding hydrogens is 1280 g/mol. The number of nitrogens with zero attached hydrogens (tertiary/aromatic N) is 6. The molecule has 8 bridgehead atoms. The molecule has 2 aromatic rings. The van der Waals surface area contributed by atoms with Gasteiger partial charge in [-0.15, -0.1) is 0 Å². The number of aromatic nitrogens is 2. The van der Waals surface area contributed by atoms with Crippen LogP contribution in [0.1, 0.15) is 150 Å². The number of primary amides is 5. The van der Waals surface area contributed by atoms with E-state index in [0.29, 0.717) is 56.4 Å². The third-order valence-corrected chi connectivity index (χ3v) is 22.0. The van der Waals surface area contributed by atoms with E-state index >= 15 is 0 Å². The largest absolute Gasteiger partial charge is 0.756 e. The van der Waals surface area contributed by atoms with Crippen LogP contribution in [0.5, 0.6) is 0 Å². The number of hydrogen-bond acceptors (Lipinski definition) is 20. The molecule has 1 unspecified atom stereocenters. The number of aryl methyl sites for hydroxylation is 2. The molecule has 8 rings (SSSR count). The number of phosphoric ester groups is 1. The van der Waals surface area contributed by atoms with Crippen LogP contribution < -0.4 is 49.5 Å². The monoisotopic (exact) mass is 1370 g/mol. The average molecular weight is 1370 g/mol. The molecule has 1 aromatic heterocycles. The van der Waals surface area contributed by atoms with Crippen molar-refractivity contribution in [2.75, 3.05) is 20.2 Å². The van der Waals surface area contributed by atoms with E-state index in [2.05, 4.69) is 20.9 Å². The number of carbonyl (C=O) groups excluding carboxylic acids is 7. The first-order valence-corrected chi connectivity index (χ1v) is 32.7. The van der Waals surface area contributed by atoms with Gasteiger partial charge in [-0.1, -0.05) is 34.6 Å². The van der Waals surface area contributed by atoms with E-state index in [4.69, 9.17) is 69.3 Å². The molecule has 30 heteroatoms. The van der Waals surface area contributed by atoms with E-state index in [1.807, 2.05) is 80.5 Å². The standard InChI is InChI=1S/C63H92N13O14P.CN.Co/c1-30-21-40-41(22-31(30)2)76(29-71-40)58-53(85)54(42(28-77)88-58)90-91(86,87)89-32(3)27-70-49(83)19-20-60(8)38(23-50(84)69-12)57-63(11)62(10,26-48(68)82)37(15-18-46(66)80)52(75-63)34(5)56-61(9,25-47(67)81)35(13-16-44(64)78)39(72-56)24-43-59(6,7)36(14-17-45(65)79)51(73-43)33(4)55(60)74-57;1-2;/h21-22,24,29,32,35-38,42,53-54,57-58,74,77,85H,13-20,23,25-28H2,1-12H3,(H2,64,78)(H2,65,79)(H2,66,80)(H2,67,81)(H2,68,82)(H,69,84)(H,70,83)(H,86,87);;/q;-1;/p-1/t32-,35-,36-,37-,38+,42-,53-,54-,57-,58+,60-,61+,62+,63+;;/m1../s1. The quantitative estimate of drug-likeness (QED) is 0.0478.